The number of rotatable bonds is 6. The number of H-pyrrole nitrogens is 1. The predicted molar refractivity (Wildman–Crippen MR) is 116 cm³/mol. The SMILES string of the molecule is COc1cc(F)c(-c2nc3c([nH]2)C(NCC2CCNCC2)C(Cl)CN3C)cc1OC. The van der Waals surface area contributed by atoms with E-state index < -0.39 is 5.82 Å². The third-order valence-corrected chi connectivity index (χ3v) is 6.40. The smallest absolute Gasteiger partial charge is 0.163 e. The van der Waals surface area contributed by atoms with Crippen LogP contribution in [0.2, 0.25) is 0 Å². The Kier molecular flexibility index (Phi) is 6.36. The van der Waals surface area contributed by atoms with Crippen molar-refractivity contribution in [3.8, 4) is 22.9 Å². The van der Waals surface area contributed by atoms with Crippen molar-refractivity contribution >= 4 is 17.4 Å². The molecule has 4 rings (SSSR count). The highest BCUT2D eigenvalue weighted by molar-refractivity contribution is 6.21. The van der Waals surface area contributed by atoms with Crippen LogP contribution in [0.4, 0.5) is 10.2 Å². The van der Waals surface area contributed by atoms with Gasteiger partial charge in [-0.3, -0.25) is 0 Å². The monoisotopic (exact) mass is 437 g/mol. The number of alkyl halides is 1. The van der Waals surface area contributed by atoms with Gasteiger partial charge in [-0.2, -0.15) is 0 Å². The number of methoxy groups -OCH3 is 2. The number of imidazole rings is 1. The molecule has 3 heterocycles. The van der Waals surface area contributed by atoms with Gasteiger partial charge in [0, 0.05) is 19.7 Å². The number of fused-ring (bicyclic) bond motifs is 1. The molecule has 9 heteroatoms. The van der Waals surface area contributed by atoms with Crippen LogP contribution in [0.3, 0.4) is 0 Å². The van der Waals surface area contributed by atoms with Gasteiger partial charge in [0.2, 0.25) is 0 Å². The summed E-state index contributed by atoms with van der Waals surface area (Å²) < 4.78 is 25.3. The van der Waals surface area contributed by atoms with Crippen LogP contribution in [0.15, 0.2) is 12.1 Å². The molecule has 1 aromatic heterocycles. The van der Waals surface area contributed by atoms with E-state index in [1.165, 1.54) is 20.3 Å². The molecule has 7 nitrogen and oxygen atoms in total. The Morgan fingerprint density at radius 1 is 1.23 bits per heavy atom. The van der Waals surface area contributed by atoms with Crippen LogP contribution < -0.4 is 25.0 Å². The van der Waals surface area contributed by atoms with Crippen molar-refractivity contribution in [2.45, 2.75) is 24.3 Å². The maximum absolute atomic E-state index is 14.8. The molecule has 2 unspecified atom stereocenters. The highest BCUT2D eigenvalue weighted by atomic mass is 35.5. The first-order valence-electron chi connectivity index (χ1n) is 10.3. The van der Waals surface area contributed by atoms with Gasteiger partial charge in [0.05, 0.1) is 36.9 Å². The molecule has 0 radical (unpaired) electrons. The number of hydrogen-bond acceptors (Lipinski definition) is 6. The summed E-state index contributed by atoms with van der Waals surface area (Å²) in [6.45, 7) is 3.68. The molecular formula is C21H29ClFN5O2. The summed E-state index contributed by atoms with van der Waals surface area (Å²) in [7, 11) is 4.96. The summed E-state index contributed by atoms with van der Waals surface area (Å²) in [5.41, 5.74) is 1.22. The maximum Gasteiger partial charge on any atom is 0.163 e. The van der Waals surface area contributed by atoms with Crippen molar-refractivity contribution in [3.05, 3.63) is 23.6 Å². The minimum absolute atomic E-state index is 0.0720. The van der Waals surface area contributed by atoms with Crippen molar-refractivity contribution in [1.82, 2.24) is 20.6 Å². The Morgan fingerprint density at radius 3 is 2.63 bits per heavy atom. The third kappa shape index (κ3) is 4.08. The molecule has 1 fully saturated rings. The van der Waals surface area contributed by atoms with Gasteiger partial charge in [-0.1, -0.05) is 0 Å². The number of piperidine rings is 1. The van der Waals surface area contributed by atoms with E-state index in [0.717, 1.165) is 44.0 Å². The third-order valence-electron chi connectivity index (χ3n) is 6.01. The van der Waals surface area contributed by atoms with E-state index in [0.29, 0.717) is 35.3 Å². The Morgan fingerprint density at radius 2 is 1.93 bits per heavy atom. The number of aromatic nitrogens is 2. The molecule has 1 aromatic carbocycles. The van der Waals surface area contributed by atoms with Crippen LogP contribution >= 0.6 is 11.6 Å². The molecule has 1 saturated heterocycles. The number of aromatic amines is 1. The zero-order valence-corrected chi connectivity index (χ0v) is 18.4. The summed E-state index contributed by atoms with van der Waals surface area (Å²) in [6.07, 6.45) is 2.31. The van der Waals surface area contributed by atoms with Gasteiger partial charge in [0.25, 0.3) is 0 Å². The second-order valence-corrected chi connectivity index (χ2v) is 8.55. The molecule has 2 atom stereocenters. The molecule has 164 valence electrons. The van der Waals surface area contributed by atoms with Crippen molar-refractivity contribution in [2.24, 2.45) is 5.92 Å². The quantitative estimate of drug-likeness (QED) is 0.603. The molecule has 30 heavy (non-hydrogen) atoms. The van der Waals surface area contributed by atoms with Gasteiger partial charge in [-0.25, -0.2) is 9.37 Å². The topological polar surface area (TPSA) is 74.4 Å². The van der Waals surface area contributed by atoms with E-state index >= 15 is 0 Å². The Bertz CT molecular complexity index is 887. The van der Waals surface area contributed by atoms with E-state index in [1.807, 2.05) is 11.9 Å². The number of nitrogens with one attached hydrogen (secondary N) is 3. The van der Waals surface area contributed by atoms with Crippen LogP contribution in [0.5, 0.6) is 11.5 Å². The summed E-state index contributed by atoms with van der Waals surface area (Å²) in [5, 5.41) is 6.92. The number of hydrogen-bond donors (Lipinski definition) is 3. The van der Waals surface area contributed by atoms with Gasteiger partial charge >= 0.3 is 0 Å². The Labute approximate surface area is 181 Å². The van der Waals surface area contributed by atoms with Crippen molar-refractivity contribution in [3.63, 3.8) is 0 Å². The number of anilines is 1. The van der Waals surface area contributed by atoms with Crippen LogP contribution in [-0.4, -0.2) is 62.8 Å². The number of nitrogens with zero attached hydrogens (tertiary/aromatic N) is 2. The zero-order valence-electron chi connectivity index (χ0n) is 17.6. The van der Waals surface area contributed by atoms with E-state index in [1.54, 1.807) is 6.07 Å². The van der Waals surface area contributed by atoms with E-state index in [4.69, 9.17) is 26.1 Å². The van der Waals surface area contributed by atoms with E-state index in [-0.39, 0.29) is 11.4 Å². The molecule has 0 aliphatic carbocycles. The summed E-state index contributed by atoms with van der Waals surface area (Å²) >= 11 is 6.72. The number of ether oxygens (including phenoxy) is 2. The van der Waals surface area contributed by atoms with E-state index in [9.17, 15) is 4.39 Å². The van der Waals surface area contributed by atoms with Crippen molar-refractivity contribution in [2.75, 3.05) is 52.3 Å². The van der Waals surface area contributed by atoms with Crippen molar-refractivity contribution < 1.29 is 13.9 Å². The van der Waals surface area contributed by atoms with Crippen LogP contribution in [-0.2, 0) is 0 Å². The van der Waals surface area contributed by atoms with Gasteiger partial charge in [-0.15, -0.1) is 11.6 Å². The van der Waals surface area contributed by atoms with Crippen molar-refractivity contribution in [1.29, 1.82) is 0 Å². The number of halogens is 2. The molecule has 0 bridgehead atoms. The highest BCUT2D eigenvalue weighted by Crippen LogP contribution is 2.39. The lowest BCUT2D eigenvalue weighted by atomic mass is 9.97. The van der Waals surface area contributed by atoms with Gasteiger partial charge < -0.3 is 30.0 Å². The van der Waals surface area contributed by atoms with Gasteiger partial charge in [0.1, 0.15) is 11.6 Å². The van der Waals surface area contributed by atoms with Gasteiger partial charge in [0.15, 0.2) is 17.3 Å². The van der Waals surface area contributed by atoms with Crippen LogP contribution in [0.25, 0.3) is 11.4 Å². The molecule has 2 aliphatic heterocycles. The maximum atomic E-state index is 14.8. The minimum Gasteiger partial charge on any atom is -0.493 e. The molecule has 3 N–H and O–H groups in total. The lowest BCUT2D eigenvalue weighted by Gasteiger charge is -2.35. The largest absolute Gasteiger partial charge is 0.493 e. The number of benzene rings is 1. The fourth-order valence-electron chi connectivity index (χ4n) is 4.29. The van der Waals surface area contributed by atoms with Crippen LogP contribution in [0, 0.1) is 11.7 Å². The zero-order chi connectivity index (χ0) is 21.3. The van der Waals surface area contributed by atoms with Crippen LogP contribution in [0.1, 0.15) is 24.6 Å². The van der Waals surface area contributed by atoms with E-state index in [2.05, 4.69) is 15.6 Å². The first-order valence-corrected chi connectivity index (χ1v) is 10.8. The second-order valence-electron chi connectivity index (χ2n) is 7.99. The fraction of sp³-hybridized carbons (Fsp3) is 0.571. The molecule has 0 spiro atoms. The minimum atomic E-state index is -0.428. The molecule has 0 amide bonds. The standard InChI is InChI=1S/C21H29ClFN5O2/c1-28-11-14(22)18(25-10-12-4-6-24-7-5-12)19-21(28)27-20(26-19)13-8-16(29-2)17(30-3)9-15(13)23/h8-9,12,14,18,24-25H,4-7,10-11H2,1-3H3,(H,26,27). The highest BCUT2D eigenvalue weighted by Gasteiger charge is 2.35. The summed E-state index contributed by atoms with van der Waals surface area (Å²) in [5.74, 6) is 2.23. The predicted octanol–water partition coefficient (Wildman–Crippen LogP) is 2.92. The summed E-state index contributed by atoms with van der Waals surface area (Å²) in [4.78, 5) is 10.0. The summed E-state index contributed by atoms with van der Waals surface area (Å²) in [6, 6.07) is 2.85. The molecule has 2 aromatic rings. The molecule has 0 saturated carbocycles. The normalized spacial score (nSPS) is 22.1. The first kappa shape index (κ1) is 21.2. The second kappa shape index (κ2) is 8.99. The molecule has 2 aliphatic rings. The average Bonchev–Trinajstić information content (AvgIpc) is 3.19. The first-order chi connectivity index (χ1) is 14.5. The fourth-order valence-corrected chi connectivity index (χ4v) is 4.71. The Balaban J connectivity index is 1.63. The Hall–Kier alpha value is -2.03. The average molecular weight is 438 g/mol. The van der Waals surface area contributed by atoms with Gasteiger partial charge in [-0.05, 0) is 44.5 Å². The lowest BCUT2D eigenvalue weighted by molar-refractivity contribution is 0.334. The molecular weight excluding hydrogens is 409 g/mol. The lowest BCUT2D eigenvalue weighted by Crippen LogP contribution is -2.44.